The Morgan fingerprint density at radius 2 is 1.72 bits per heavy atom. The van der Waals surface area contributed by atoms with E-state index in [1.807, 2.05) is 49.6 Å². The van der Waals surface area contributed by atoms with Gasteiger partial charge in [-0.3, -0.25) is 9.78 Å². The van der Waals surface area contributed by atoms with E-state index in [9.17, 15) is 4.79 Å². The van der Waals surface area contributed by atoms with Crippen LogP contribution in [0.2, 0.25) is 0 Å². The zero-order chi connectivity index (χ0) is 26.6. The minimum absolute atomic E-state index is 0.0294. The largest absolute Gasteiger partial charge is 0.349 e. The van der Waals surface area contributed by atoms with Crippen LogP contribution in [0.3, 0.4) is 0 Å². The molecule has 6 nitrogen and oxygen atoms in total. The lowest BCUT2D eigenvalue weighted by Gasteiger charge is -2.31. The van der Waals surface area contributed by atoms with Gasteiger partial charge < -0.3 is 10.2 Å². The van der Waals surface area contributed by atoms with Crippen molar-refractivity contribution in [2.24, 2.45) is 5.92 Å². The second kappa shape index (κ2) is 11.6. The second-order valence-electron chi connectivity index (χ2n) is 11.3. The summed E-state index contributed by atoms with van der Waals surface area (Å²) in [6.07, 6.45) is 13.3. The van der Waals surface area contributed by atoms with E-state index in [0.717, 1.165) is 79.0 Å². The number of nitrogens with zero attached hydrogens (tertiary/aromatic N) is 4. The van der Waals surface area contributed by atoms with Crippen molar-refractivity contribution in [3.63, 3.8) is 0 Å². The normalized spacial score (nSPS) is 19.8. The summed E-state index contributed by atoms with van der Waals surface area (Å²) >= 11 is 0. The maximum Gasteiger partial charge on any atom is 0.252 e. The van der Waals surface area contributed by atoms with Crippen LogP contribution in [0.4, 0.5) is 0 Å². The summed E-state index contributed by atoms with van der Waals surface area (Å²) in [5.74, 6) is 0.778. The number of fused-ring (bicyclic) bond motifs is 2. The third-order valence-electron chi connectivity index (χ3n) is 8.65. The molecule has 6 rings (SSSR count). The molecule has 1 aliphatic heterocycles. The third kappa shape index (κ3) is 6.01. The minimum atomic E-state index is 0.0294. The van der Waals surface area contributed by atoms with Crippen LogP contribution in [0.5, 0.6) is 0 Å². The first-order chi connectivity index (χ1) is 19.1. The predicted molar refractivity (Wildman–Crippen MR) is 156 cm³/mol. The molecule has 1 aliphatic carbocycles. The van der Waals surface area contributed by atoms with E-state index < -0.39 is 0 Å². The van der Waals surface area contributed by atoms with Gasteiger partial charge in [0.1, 0.15) is 6.33 Å². The molecule has 1 saturated carbocycles. The minimum Gasteiger partial charge on any atom is -0.349 e. The Morgan fingerprint density at radius 1 is 0.923 bits per heavy atom. The SMILES string of the molecule is Cc1ccc2c(C(=O)NC3CCC(CCN4CCc5ccc(-c6cncnc6)cc5CC4)CC3)cccc2n1. The van der Waals surface area contributed by atoms with Crippen molar-refractivity contribution in [3.05, 3.63) is 89.6 Å². The lowest BCUT2D eigenvalue weighted by atomic mass is 9.84. The van der Waals surface area contributed by atoms with Crippen molar-refractivity contribution >= 4 is 16.8 Å². The molecule has 0 spiro atoms. The van der Waals surface area contributed by atoms with Gasteiger partial charge in [0, 0.05) is 53.7 Å². The van der Waals surface area contributed by atoms with Crippen molar-refractivity contribution in [2.75, 3.05) is 19.6 Å². The molecule has 0 saturated heterocycles. The van der Waals surface area contributed by atoms with Crippen molar-refractivity contribution < 1.29 is 4.79 Å². The van der Waals surface area contributed by atoms with Crippen molar-refractivity contribution in [1.29, 1.82) is 0 Å². The standard InChI is InChI=1S/C33H37N5O/c1-23-5-12-30-31(3-2-4-32(30)36-23)33(39)37-29-10-6-24(7-11-29)13-16-38-17-14-25-8-9-26(19-27(25)15-18-38)28-20-34-22-35-21-28/h2-5,8-9,12,19-22,24,29H,6-7,10-11,13-18H2,1H3,(H,37,39). The molecule has 0 atom stereocenters. The topological polar surface area (TPSA) is 71.0 Å². The van der Waals surface area contributed by atoms with Crippen LogP contribution in [-0.4, -0.2) is 51.4 Å². The zero-order valence-corrected chi connectivity index (χ0v) is 22.8. The maximum absolute atomic E-state index is 13.1. The van der Waals surface area contributed by atoms with E-state index in [0.29, 0.717) is 0 Å². The molecule has 39 heavy (non-hydrogen) atoms. The summed E-state index contributed by atoms with van der Waals surface area (Å²) in [7, 11) is 0. The maximum atomic E-state index is 13.1. The number of hydrogen-bond acceptors (Lipinski definition) is 5. The van der Waals surface area contributed by atoms with Crippen LogP contribution >= 0.6 is 0 Å². The molecule has 0 radical (unpaired) electrons. The Kier molecular flexibility index (Phi) is 7.64. The molecular formula is C33H37N5O. The third-order valence-corrected chi connectivity index (χ3v) is 8.65. The fourth-order valence-corrected chi connectivity index (χ4v) is 6.30. The van der Waals surface area contributed by atoms with E-state index >= 15 is 0 Å². The average molecular weight is 520 g/mol. The van der Waals surface area contributed by atoms with Crippen LogP contribution in [-0.2, 0) is 12.8 Å². The molecule has 4 aromatic rings. The molecule has 2 aromatic carbocycles. The summed E-state index contributed by atoms with van der Waals surface area (Å²) in [4.78, 5) is 28.7. The highest BCUT2D eigenvalue weighted by Gasteiger charge is 2.24. The molecule has 200 valence electrons. The van der Waals surface area contributed by atoms with Gasteiger partial charge in [-0.1, -0.05) is 30.3 Å². The molecule has 1 N–H and O–H groups in total. The summed E-state index contributed by atoms with van der Waals surface area (Å²) < 4.78 is 0. The first kappa shape index (κ1) is 25.6. The van der Waals surface area contributed by atoms with E-state index in [-0.39, 0.29) is 11.9 Å². The molecule has 3 heterocycles. The number of amides is 1. The highest BCUT2D eigenvalue weighted by atomic mass is 16.1. The second-order valence-corrected chi connectivity index (χ2v) is 11.3. The number of aryl methyl sites for hydroxylation is 1. The number of nitrogens with one attached hydrogen (secondary N) is 1. The van der Waals surface area contributed by atoms with Gasteiger partial charge in [-0.2, -0.15) is 0 Å². The zero-order valence-electron chi connectivity index (χ0n) is 22.8. The Labute approximate surface area is 230 Å². The highest BCUT2D eigenvalue weighted by molar-refractivity contribution is 6.06. The first-order valence-electron chi connectivity index (χ1n) is 14.4. The van der Waals surface area contributed by atoms with Gasteiger partial charge in [-0.25, -0.2) is 9.97 Å². The Morgan fingerprint density at radius 3 is 2.54 bits per heavy atom. The number of aromatic nitrogens is 3. The van der Waals surface area contributed by atoms with Gasteiger partial charge in [0.15, 0.2) is 0 Å². The predicted octanol–water partition coefficient (Wildman–Crippen LogP) is 5.78. The Balaban J connectivity index is 0.974. The lowest BCUT2D eigenvalue weighted by Crippen LogP contribution is -2.38. The molecule has 1 fully saturated rings. The summed E-state index contributed by atoms with van der Waals surface area (Å²) in [5, 5.41) is 4.25. The van der Waals surface area contributed by atoms with E-state index in [2.05, 4.69) is 43.4 Å². The van der Waals surface area contributed by atoms with Gasteiger partial charge in [-0.15, -0.1) is 0 Å². The van der Waals surface area contributed by atoms with Gasteiger partial charge in [-0.05, 0) is 99.2 Å². The van der Waals surface area contributed by atoms with E-state index in [1.54, 1.807) is 6.33 Å². The molecule has 2 aliphatic rings. The number of rotatable bonds is 6. The molecule has 2 aromatic heterocycles. The van der Waals surface area contributed by atoms with Crippen LogP contribution in [0.25, 0.3) is 22.0 Å². The Bertz CT molecular complexity index is 1450. The number of hydrogen-bond donors (Lipinski definition) is 1. The fourth-order valence-electron chi connectivity index (χ4n) is 6.30. The molecule has 1 amide bonds. The molecule has 0 unspecified atom stereocenters. The van der Waals surface area contributed by atoms with Crippen molar-refractivity contribution in [1.82, 2.24) is 25.2 Å². The van der Waals surface area contributed by atoms with E-state index in [4.69, 9.17) is 0 Å². The number of carbonyl (C=O) groups is 1. The quantitative estimate of drug-likeness (QED) is 0.350. The van der Waals surface area contributed by atoms with Gasteiger partial charge in [0.05, 0.1) is 5.52 Å². The van der Waals surface area contributed by atoms with Crippen LogP contribution < -0.4 is 5.32 Å². The van der Waals surface area contributed by atoms with Crippen molar-refractivity contribution in [3.8, 4) is 11.1 Å². The van der Waals surface area contributed by atoms with Gasteiger partial charge >= 0.3 is 0 Å². The average Bonchev–Trinajstić information content (AvgIpc) is 3.18. The van der Waals surface area contributed by atoms with Crippen molar-refractivity contribution in [2.45, 2.75) is 57.9 Å². The van der Waals surface area contributed by atoms with Crippen LogP contribution in [0.15, 0.2) is 67.3 Å². The lowest BCUT2D eigenvalue weighted by molar-refractivity contribution is 0.0921. The van der Waals surface area contributed by atoms with Crippen LogP contribution in [0, 0.1) is 12.8 Å². The highest BCUT2D eigenvalue weighted by Crippen LogP contribution is 2.29. The number of pyridine rings is 1. The number of carbonyl (C=O) groups excluding carboxylic acids is 1. The van der Waals surface area contributed by atoms with E-state index in [1.165, 1.54) is 36.0 Å². The summed E-state index contributed by atoms with van der Waals surface area (Å²) in [6.45, 7) is 5.39. The fraction of sp³-hybridized carbons (Fsp3) is 0.394. The van der Waals surface area contributed by atoms with Gasteiger partial charge in [0.25, 0.3) is 5.91 Å². The molecule has 6 heteroatoms. The molecule has 0 bridgehead atoms. The summed E-state index contributed by atoms with van der Waals surface area (Å²) in [6, 6.07) is 16.9. The van der Waals surface area contributed by atoms with Gasteiger partial charge in [0.2, 0.25) is 0 Å². The number of benzene rings is 2. The smallest absolute Gasteiger partial charge is 0.252 e. The monoisotopic (exact) mass is 519 g/mol. The summed E-state index contributed by atoms with van der Waals surface area (Å²) in [5.41, 5.74) is 7.81. The van der Waals surface area contributed by atoms with Crippen LogP contribution in [0.1, 0.15) is 59.3 Å². The Hall–Kier alpha value is -3.64. The first-order valence-corrected chi connectivity index (χ1v) is 14.4. The molecular weight excluding hydrogens is 482 g/mol.